The molecule has 2 heterocycles. The molecule has 2 aromatic heterocycles. The average Bonchev–Trinajstić information content (AvgIpc) is 2.88. The Morgan fingerprint density at radius 3 is 2.72 bits per heavy atom. The van der Waals surface area contributed by atoms with Crippen LogP contribution >= 0.6 is 11.8 Å². The van der Waals surface area contributed by atoms with E-state index in [4.69, 9.17) is 9.52 Å². The van der Waals surface area contributed by atoms with Crippen LogP contribution in [0.5, 0.6) is 0 Å². The molecule has 0 aliphatic carbocycles. The number of aromatic carboxylic acids is 1. The van der Waals surface area contributed by atoms with Crippen LogP contribution in [0.2, 0.25) is 0 Å². The van der Waals surface area contributed by atoms with E-state index in [1.165, 1.54) is 17.8 Å². The zero-order valence-corrected chi connectivity index (χ0v) is 11.2. The molecule has 0 aliphatic rings. The first-order valence-corrected chi connectivity index (χ1v) is 6.42. The van der Waals surface area contributed by atoms with Crippen molar-refractivity contribution in [3.8, 4) is 0 Å². The van der Waals surface area contributed by atoms with Crippen molar-refractivity contribution in [1.82, 2.24) is 9.55 Å². The predicted octanol–water partition coefficient (Wildman–Crippen LogP) is 2.62. The first kappa shape index (κ1) is 12.8. The second kappa shape index (κ2) is 4.89. The first-order valence-electron chi connectivity index (χ1n) is 5.43. The maximum atomic E-state index is 10.7. The molecule has 18 heavy (non-hydrogen) atoms. The number of hydrogen-bond donors (Lipinski definition) is 1. The highest BCUT2D eigenvalue weighted by atomic mass is 32.2. The average molecular weight is 266 g/mol. The number of furan rings is 1. The summed E-state index contributed by atoms with van der Waals surface area (Å²) in [5, 5.41) is 9.65. The van der Waals surface area contributed by atoms with Crippen molar-refractivity contribution in [2.45, 2.75) is 24.8 Å². The zero-order chi connectivity index (χ0) is 13.3. The molecule has 0 aliphatic heterocycles. The Bertz CT molecular complexity index is 586. The molecule has 0 radical (unpaired) electrons. The van der Waals surface area contributed by atoms with Crippen LogP contribution in [0, 0.1) is 13.8 Å². The maximum absolute atomic E-state index is 10.7. The van der Waals surface area contributed by atoms with E-state index in [9.17, 15) is 4.79 Å². The van der Waals surface area contributed by atoms with Gasteiger partial charge in [0.05, 0.1) is 11.4 Å². The van der Waals surface area contributed by atoms with Crippen LogP contribution in [0.4, 0.5) is 0 Å². The molecule has 2 aromatic rings. The largest absolute Gasteiger partial charge is 0.475 e. The minimum Gasteiger partial charge on any atom is -0.475 e. The Kier molecular flexibility index (Phi) is 3.47. The number of aryl methyl sites for hydroxylation is 1. The monoisotopic (exact) mass is 266 g/mol. The van der Waals surface area contributed by atoms with Gasteiger partial charge in [-0.15, -0.1) is 0 Å². The third-order valence-electron chi connectivity index (χ3n) is 2.79. The lowest BCUT2D eigenvalue weighted by Gasteiger charge is -2.01. The molecule has 1 N–H and O–H groups in total. The number of thioether (sulfide) groups is 1. The fourth-order valence-electron chi connectivity index (χ4n) is 1.52. The van der Waals surface area contributed by atoms with Crippen LogP contribution in [0.15, 0.2) is 21.7 Å². The van der Waals surface area contributed by atoms with Crippen LogP contribution in [-0.2, 0) is 12.8 Å². The van der Waals surface area contributed by atoms with E-state index in [0.29, 0.717) is 11.5 Å². The van der Waals surface area contributed by atoms with Crippen molar-refractivity contribution in [3.05, 3.63) is 35.0 Å². The van der Waals surface area contributed by atoms with Crippen molar-refractivity contribution in [2.75, 3.05) is 0 Å². The van der Waals surface area contributed by atoms with Gasteiger partial charge in [0.2, 0.25) is 5.76 Å². The molecule has 0 atom stereocenters. The summed E-state index contributed by atoms with van der Waals surface area (Å²) in [5.74, 6) is 0.125. The smallest absolute Gasteiger partial charge is 0.371 e. The normalized spacial score (nSPS) is 10.8. The molecule has 0 unspecified atom stereocenters. The zero-order valence-electron chi connectivity index (χ0n) is 10.4. The summed E-state index contributed by atoms with van der Waals surface area (Å²) in [4.78, 5) is 15.1. The van der Waals surface area contributed by atoms with Gasteiger partial charge in [0.25, 0.3) is 0 Å². The summed E-state index contributed by atoms with van der Waals surface area (Å²) >= 11 is 1.53. The molecule has 0 saturated heterocycles. The summed E-state index contributed by atoms with van der Waals surface area (Å²) in [6.07, 6.45) is 0. The van der Waals surface area contributed by atoms with Crippen molar-refractivity contribution in [1.29, 1.82) is 0 Å². The van der Waals surface area contributed by atoms with Gasteiger partial charge in [-0.2, -0.15) is 0 Å². The number of hydrogen-bond acceptors (Lipinski definition) is 4. The Labute approximate surface area is 109 Å². The van der Waals surface area contributed by atoms with Gasteiger partial charge < -0.3 is 14.1 Å². The van der Waals surface area contributed by atoms with Gasteiger partial charge in [-0.3, -0.25) is 0 Å². The predicted molar refractivity (Wildman–Crippen MR) is 67.9 cm³/mol. The highest BCUT2D eigenvalue weighted by Gasteiger charge is 2.12. The SMILES string of the molecule is Cc1nc(SCc2ccc(C(=O)O)o2)n(C)c1C. The third-order valence-corrected chi connectivity index (χ3v) is 3.85. The molecular formula is C12H14N2O3S. The molecule has 0 amide bonds. The molecule has 5 nitrogen and oxygen atoms in total. The molecular weight excluding hydrogens is 252 g/mol. The molecule has 0 saturated carbocycles. The summed E-state index contributed by atoms with van der Waals surface area (Å²) in [5.41, 5.74) is 2.13. The van der Waals surface area contributed by atoms with Crippen molar-refractivity contribution < 1.29 is 14.3 Å². The van der Waals surface area contributed by atoms with Crippen molar-refractivity contribution >= 4 is 17.7 Å². The molecule has 0 fully saturated rings. The van der Waals surface area contributed by atoms with E-state index < -0.39 is 5.97 Å². The molecule has 0 spiro atoms. The molecule has 0 bridgehead atoms. The number of carbonyl (C=O) groups is 1. The number of carboxylic acid groups (broad SMARTS) is 1. The highest BCUT2D eigenvalue weighted by Crippen LogP contribution is 2.24. The lowest BCUT2D eigenvalue weighted by Crippen LogP contribution is -1.94. The maximum Gasteiger partial charge on any atom is 0.371 e. The van der Waals surface area contributed by atoms with Crippen LogP contribution < -0.4 is 0 Å². The topological polar surface area (TPSA) is 68.3 Å². The van der Waals surface area contributed by atoms with Gasteiger partial charge in [0.1, 0.15) is 5.76 Å². The Balaban J connectivity index is 2.06. The van der Waals surface area contributed by atoms with Crippen LogP contribution in [0.3, 0.4) is 0 Å². The fourth-order valence-corrected chi connectivity index (χ4v) is 2.48. The van der Waals surface area contributed by atoms with E-state index >= 15 is 0 Å². The summed E-state index contributed by atoms with van der Waals surface area (Å²) in [6, 6.07) is 3.15. The molecule has 0 aromatic carbocycles. The number of rotatable bonds is 4. The van der Waals surface area contributed by atoms with E-state index in [2.05, 4.69) is 4.98 Å². The second-order valence-corrected chi connectivity index (χ2v) is 4.93. The van der Waals surface area contributed by atoms with Gasteiger partial charge >= 0.3 is 5.97 Å². The van der Waals surface area contributed by atoms with E-state index in [0.717, 1.165) is 16.5 Å². The van der Waals surface area contributed by atoms with Crippen LogP contribution in [0.25, 0.3) is 0 Å². The van der Waals surface area contributed by atoms with Crippen LogP contribution in [0.1, 0.15) is 27.7 Å². The number of imidazole rings is 1. The number of nitrogens with zero attached hydrogens (tertiary/aromatic N) is 2. The summed E-state index contributed by atoms with van der Waals surface area (Å²) < 4.78 is 7.20. The van der Waals surface area contributed by atoms with E-state index in [1.54, 1.807) is 6.07 Å². The van der Waals surface area contributed by atoms with Gasteiger partial charge in [-0.25, -0.2) is 9.78 Å². The lowest BCUT2D eigenvalue weighted by molar-refractivity contribution is 0.0661. The van der Waals surface area contributed by atoms with Crippen molar-refractivity contribution in [3.63, 3.8) is 0 Å². The quantitative estimate of drug-likeness (QED) is 0.861. The molecule has 96 valence electrons. The van der Waals surface area contributed by atoms with E-state index in [-0.39, 0.29) is 5.76 Å². The number of carboxylic acids is 1. The molecule has 2 rings (SSSR count). The Morgan fingerprint density at radius 1 is 1.50 bits per heavy atom. The Morgan fingerprint density at radius 2 is 2.22 bits per heavy atom. The minimum absolute atomic E-state index is 0.0298. The lowest BCUT2D eigenvalue weighted by atomic mass is 10.4. The fraction of sp³-hybridized carbons (Fsp3) is 0.333. The van der Waals surface area contributed by atoms with Gasteiger partial charge in [-0.1, -0.05) is 11.8 Å². The standard InChI is InChI=1S/C12H14N2O3S/c1-7-8(2)14(3)12(13-7)18-6-9-4-5-10(17-9)11(15)16/h4-5H,6H2,1-3H3,(H,15,16). The second-order valence-electron chi connectivity index (χ2n) is 3.98. The Hall–Kier alpha value is -1.69. The molecule has 6 heteroatoms. The number of aromatic nitrogens is 2. The van der Waals surface area contributed by atoms with Gasteiger partial charge in [0.15, 0.2) is 5.16 Å². The van der Waals surface area contributed by atoms with E-state index in [1.807, 2.05) is 25.5 Å². The summed E-state index contributed by atoms with van der Waals surface area (Å²) in [6.45, 7) is 3.98. The van der Waals surface area contributed by atoms with Crippen molar-refractivity contribution in [2.24, 2.45) is 7.05 Å². The minimum atomic E-state index is -1.05. The third kappa shape index (κ3) is 2.43. The highest BCUT2D eigenvalue weighted by molar-refractivity contribution is 7.98. The van der Waals surface area contributed by atoms with Gasteiger partial charge in [0, 0.05) is 12.7 Å². The first-order chi connectivity index (χ1) is 8.49. The summed E-state index contributed by atoms with van der Waals surface area (Å²) in [7, 11) is 1.96. The van der Waals surface area contributed by atoms with Crippen LogP contribution in [-0.4, -0.2) is 20.6 Å². The van der Waals surface area contributed by atoms with Gasteiger partial charge in [-0.05, 0) is 26.0 Å².